The van der Waals surface area contributed by atoms with E-state index in [2.05, 4.69) is 10.1 Å². The van der Waals surface area contributed by atoms with Gasteiger partial charge in [-0.2, -0.15) is 5.70 Å². The Labute approximate surface area is 132 Å². The van der Waals surface area contributed by atoms with E-state index in [1.54, 1.807) is 7.05 Å². The molecule has 0 atom stereocenters. The van der Waals surface area contributed by atoms with E-state index >= 15 is 0 Å². The van der Waals surface area contributed by atoms with E-state index in [1.807, 2.05) is 0 Å². The molecule has 0 saturated heterocycles. The summed E-state index contributed by atoms with van der Waals surface area (Å²) in [5.74, 6) is 0.0276. The average Bonchev–Trinajstić information content (AvgIpc) is 2.95. The number of hydrogen-bond donors (Lipinski definition) is 3. The molecule has 0 amide bonds. The molecular formula is C8H14BKN2O3. The third kappa shape index (κ3) is 4.18. The second-order valence-electron chi connectivity index (χ2n) is 3.20. The van der Waals surface area contributed by atoms with E-state index in [4.69, 9.17) is 15.5 Å². The summed E-state index contributed by atoms with van der Waals surface area (Å²) in [6, 6.07) is 0. The molecule has 0 aromatic heterocycles. The van der Waals surface area contributed by atoms with Crippen molar-refractivity contribution < 1.29 is 66.2 Å². The van der Waals surface area contributed by atoms with Crippen LogP contribution in [-0.4, -0.2) is 37.2 Å². The fraction of sp³-hybridized carbons (Fsp3) is 0.625. The molecule has 1 saturated carbocycles. The molecule has 1 fully saturated rings. The summed E-state index contributed by atoms with van der Waals surface area (Å²) in [7, 11) is 1.21. The molecule has 5 nitrogen and oxygen atoms in total. The second-order valence-corrected chi connectivity index (χ2v) is 3.20. The van der Waals surface area contributed by atoms with Gasteiger partial charge in [-0.25, -0.2) is 0 Å². The molecule has 1 rings (SSSR count). The molecule has 0 spiro atoms. The van der Waals surface area contributed by atoms with Crippen LogP contribution in [0.4, 0.5) is 0 Å². The summed E-state index contributed by atoms with van der Waals surface area (Å²) in [5.41, 5.74) is 0.657. The SMILES string of the molecule is C[N-]/C(=C(/B(O)O)C(=N)OC)C1CC1.[K+]. The van der Waals surface area contributed by atoms with Crippen LogP contribution in [0, 0.1) is 11.3 Å². The summed E-state index contributed by atoms with van der Waals surface area (Å²) in [4.78, 5) is 0. The maximum absolute atomic E-state index is 9.11. The number of hydrogen-bond acceptors (Lipinski definition) is 4. The number of allylic oxidation sites excluding steroid dienone is 1. The van der Waals surface area contributed by atoms with Gasteiger partial charge in [0.2, 0.25) is 5.90 Å². The number of nitrogens with zero attached hydrogens (tertiary/aromatic N) is 1. The summed E-state index contributed by atoms with van der Waals surface area (Å²) in [6.45, 7) is 0. The fourth-order valence-electron chi connectivity index (χ4n) is 1.36. The Balaban J connectivity index is 0.00000196. The first-order valence-corrected chi connectivity index (χ1v) is 4.44. The van der Waals surface area contributed by atoms with Gasteiger partial charge in [-0.15, -0.1) is 7.05 Å². The van der Waals surface area contributed by atoms with Gasteiger partial charge >= 0.3 is 58.5 Å². The van der Waals surface area contributed by atoms with E-state index in [0.29, 0.717) is 5.70 Å². The van der Waals surface area contributed by atoms with Crippen LogP contribution < -0.4 is 51.4 Å². The molecule has 7 heteroatoms. The van der Waals surface area contributed by atoms with Gasteiger partial charge in [0.15, 0.2) is 0 Å². The van der Waals surface area contributed by atoms with Crippen molar-refractivity contribution in [3.05, 3.63) is 16.5 Å². The molecule has 78 valence electrons. The average molecular weight is 236 g/mol. The maximum Gasteiger partial charge on any atom is 1.00 e. The van der Waals surface area contributed by atoms with Crippen LogP contribution in [0.2, 0.25) is 0 Å². The van der Waals surface area contributed by atoms with Crippen LogP contribution in [0.25, 0.3) is 5.32 Å². The number of methoxy groups -OCH3 is 1. The van der Waals surface area contributed by atoms with Crippen molar-refractivity contribution in [3.63, 3.8) is 0 Å². The van der Waals surface area contributed by atoms with Crippen molar-refractivity contribution in [1.29, 1.82) is 5.41 Å². The zero-order valence-corrected chi connectivity index (χ0v) is 12.4. The van der Waals surface area contributed by atoms with Crippen LogP contribution in [-0.2, 0) is 4.74 Å². The van der Waals surface area contributed by atoms with Gasteiger partial charge in [0.05, 0.1) is 7.11 Å². The molecule has 0 unspecified atom stereocenters. The number of ether oxygens (including phenoxy) is 1. The Morgan fingerprint density at radius 3 is 2.27 bits per heavy atom. The summed E-state index contributed by atoms with van der Waals surface area (Å²) < 4.78 is 4.68. The van der Waals surface area contributed by atoms with E-state index in [9.17, 15) is 0 Å². The van der Waals surface area contributed by atoms with Crippen LogP contribution in [0.15, 0.2) is 11.2 Å². The summed E-state index contributed by atoms with van der Waals surface area (Å²) in [6.07, 6.45) is 1.97. The first-order valence-electron chi connectivity index (χ1n) is 4.44. The third-order valence-electron chi connectivity index (χ3n) is 2.19. The Bertz CT molecular complexity index is 267. The zero-order chi connectivity index (χ0) is 10.7. The van der Waals surface area contributed by atoms with Gasteiger partial charge in [-0.3, -0.25) is 5.41 Å². The van der Waals surface area contributed by atoms with Crippen molar-refractivity contribution >= 4 is 13.0 Å². The minimum absolute atomic E-state index is 0. The molecule has 0 aromatic carbocycles. The van der Waals surface area contributed by atoms with Crippen molar-refractivity contribution in [2.45, 2.75) is 12.8 Å². The van der Waals surface area contributed by atoms with Crippen molar-refractivity contribution in [2.75, 3.05) is 14.2 Å². The first kappa shape index (κ1) is 15.6. The Kier molecular flexibility index (Phi) is 7.35. The van der Waals surface area contributed by atoms with Crippen molar-refractivity contribution in [3.8, 4) is 0 Å². The normalized spacial score (nSPS) is 16.0. The predicted molar refractivity (Wildman–Crippen MR) is 54.0 cm³/mol. The zero-order valence-electron chi connectivity index (χ0n) is 9.32. The Morgan fingerprint density at radius 2 is 2.00 bits per heavy atom. The second kappa shape index (κ2) is 7.05. The van der Waals surface area contributed by atoms with Crippen molar-refractivity contribution in [1.82, 2.24) is 0 Å². The van der Waals surface area contributed by atoms with Gasteiger partial charge in [0.25, 0.3) is 0 Å². The van der Waals surface area contributed by atoms with Gasteiger partial charge in [-0.05, 0) is 18.8 Å². The first-order chi connectivity index (χ1) is 6.61. The molecule has 0 heterocycles. The predicted octanol–water partition coefficient (Wildman–Crippen LogP) is -2.71. The van der Waals surface area contributed by atoms with E-state index < -0.39 is 7.12 Å². The molecule has 0 aliphatic heterocycles. The monoisotopic (exact) mass is 236 g/mol. The van der Waals surface area contributed by atoms with Gasteiger partial charge in [0, 0.05) is 5.47 Å². The summed E-state index contributed by atoms with van der Waals surface area (Å²) in [5, 5.41) is 29.6. The number of rotatable bonds is 4. The van der Waals surface area contributed by atoms with E-state index in [1.165, 1.54) is 7.11 Å². The molecule has 15 heavy (non-hydrogen) atoms. The van der Waals surface area contributed by atoms with Gasteiger partial charge in [0.1, 0.15) is 0 Å². The van der Waals surface area contributed by atoms with Crippen LogP contribution in [0.5, 0.6) is 0 Å². The number of nitrogens with one attached hydrogen (secondary N) is 1. The largest absolute Gasteiger partial charge is 1.00 e. The van der Waals surface area contributed by atoms with Gasteiger partial charge < -0.3 is 20.1 Å². The standard InChI is InChI=1S/C8H14BN2O3.K/c1-11-7(5-3-4-5)6(9(12)13)8(10)14-2;/h5,10,12-13H,3-4H2,1-2H3;/q-1;+1/b7-6+,10-8?;. The smallest absolute Gasteiger partial charge is 0.690 e. The van der Waals surface area contributed by atoms with E-state index in [-0.39, 0.29) is 68.7 Å². The molecule has 1 aliphatic carbocycles. The molecule has 3 N–H and O–H groups in total. The van der Waals surface area contributed by atoms with Crippen LogP contribution >= 0.6 is 0 Å². The summed E-state index contributed by atoms with van der Waals surface area (Å²) >= 11 is 0. The van der Waals surface area contributed by atoms with Crippen LogP contribution in [0.3, 0.4) is 0 Å². The molecule has 0 radical (unpaired) electrons. The van der Waals surface area contributed by atoms with Crippen molar-refractivity contribution in [2.24, 2.45) is 5.92 Å². The minimum atomic E-state index is -1.69. The Hall–Kier alpha value is 0.631. The maximum atomic E-state index is 9.11. The molecular weight excluding hydrogens is 222 g/mol. The van der Waals surface area contributed by atoms with E-state index in [0.717, 1.165) is 12.8 Å². The minimum Gasteiger partial charge on any atom is -0.690 e. The quantitative estimate of drug-likeness (QED) is 0.282. The van der Waals surface area contributed by atoms with Gasteiger partial charge in [-0.1, -0.05) is 0 Å². The molecule has 1 aliphatic rings. The molecule has 0 bridgehead atoms. The molecule has 0 aromatic rings. The fourth-order valence-corrected chi connectivity index (χ4v) is 1.36. The third-order valence-corrected chi connectivity index (χ3v) is 2.19. The Morgan fingerprint density at radius 1 is 1.47 bits per heavy atom. The topological polar surface area (TPSA) is 87.6 Å². The van der Waals surface area contributed by atoms with Crippen LogP contribution in [0.1, 0.15) is 12.8 Å².